The number of nitrogens with zero attached hydrogens (tertiary/aromatic N) is 3. The molecule has 1 amide bonds. The van der Waals surface area contributed by atoms with Crippen LogP contribution in [0.15, 0.2) is 24.5 Å². The van der Waals surface area contributed by atoms with Crippen molar-refractivity contribution in [2.75, 3.05) is 17.7 Å². The second kappa shape index (κ2) is 7.04. The summed E-state index contributed by atoms with van der Waals surface area (Å²) in [5.41, 5.74) is 1.94. The molecule has 2 aromatic rings. The third-order valence-electron chi connectivity index (χ3n) is 3.11. The van der Waals surface area contributed by atoms with Crippen molar-refractivity contribution in [3.63, 3.8) is 0 Å². The van der Waals surface area contributed by atoms with E-state index in [2.05, 4.69) is 31.5 Å². The fourth-order valence-electron chi connectivity index (χ4n) is 1.94. The number of anilines is 1. The van der Waals surface area contributed by atoms with Crippen molar-refractivity contribution in [2.45, 2.75) is 26.2 Å². The minimum atomic E-state index is 0.0910. The normalized spacial score (nSPS) is 10.9. The smallest absolute Gasteiger partial charge is 0.232 e. The zero-order valence-corrected chi connectivity index (χ0v) is 14.3. The highest BCUT2D eigenvalue weighted by molar-refractivity contribution is 7.58. The topological polar surface area (TPSA) is 46.1 Å². The summed E-state index contributed by atoms with van der Waals surface area (Å²) in [4.78, 5) is 22.7. The number of carbonyl (C=O) groups is 1. The van der Waals surface area contributed by atoms with Gasteiger partial charge in [-0.2, -0.15) is 0 Å². The van der Waals surface area contributed by atoms with E-state index >= 15 is 0 Å². The molecule has 0 fully saturated rings. The Balaban J connectivity index is 2.41. The average Bonchev–Trinajstić information content (AvgIpc) is 2.93. The van der Waals surface area contributed by atoms with Gasteiger partial charge in [0.1, 0.15) is 15.8 Å². The Bertz CT molecular complexity index is 611. The van der Waals surface area contributed by atoms with Crippen molar-refractivity contribution in [3.8, 4) is 10.6 Å². The first-order valence-corrected chi connectivity index (χ1v) is 8.39. The van der Waals surface area contributed by atoms with Crippen molar-refractivity contribution >= 4 is 34.9 Å². The Morgan fingerprint density at radius 1 is 1.48 bits per heavy atom. The predicted octanol–water partition coefficient (Wildman–Crippen LogP) is 2.69. The zero-order valence-electron chi connectivity index (χ0n) is 12.5. The molecule has 0 spiro atoms. The average molecular weight is 322 g/mol. The Morgan fingerprint density at radius 2 is 2.24 bits per heavy atom. The van der Waals surface area contributed by atoms with Crippen LogP contribution in [0.4, 0.5) is 5.00 Å². The minimum absolute atomic E-state index is 0.0910. The van der Waals surface area contributed by atoms with Crippen molar-refractivity contribution < 1.29 is 4.79 Å². The summed E-state index contributed by atoms with van der Waals surface area (Å²) in [6.45, 7) is 4.18. The lowest BCUT2D eigenvalue weighted by Gasteiger charge is -2.16. The maximum Gasteiger partial charge on any atom is 0.232 e. The van der Waals surface area contributed by atoms with Gasteiger partial charge in [-0.05, 0) is 30.7 Å². The summed E-state index contributed by atoms with van der Waals surface area (Å²) in [6, 6.07) is 3.88. The summed E-state index contributed by atoms with van der Waals surface area (Å²) in [7, 11) is 1.82. The van der Waals surface area contributed by atoms with E-state index in [1.807, 2.05) is 19.2 Å². The largest absolute Gasteiger partial charge is 0.305 e. The number of aromatic nitrogens is 2. The van der Waals surface area contributed by atoms with Crippen molar-refractivity contribution in [1.82, 2.24) is 9.97 Å². The molecule has 0 aromatic carbocycles. The lowest BCUT2D eigenvalue weighted by atomic mass is 10.1. The van der Waals surface area contributed by atoms with Crippen molar-refractivity contribution in [1.29, 1.82) is 0 Å². The molecule has 2 aromatic heterocycles. The van der Waals surface area contributed by atoms with Crippen LogP contribution in [0.25, 0.3) is 10.6 Å². The standard InChI is InChI=1S/C15H19N3OS2/c1-10(2)13-15(18(3)12(19)6-8-20)21-14(17-13)11-5-4-7-16-9-11/h4-5,7,9-10,20H,6,8H2,1-3H3/p+1. The fourth-order valence-corrected chi connectivity index (χ4v) is 3.35. The molecule has 2 heterocycles. The van der Waals surface area contributed by atoms with Gasteiger partial charge in [-0.15, -0.1) is 0 Å². The highest BCUT2D eigenvalue weighted by atomic mass is 32.1. The molecule has 0 unspecified atom stereocenters. The zero-order chi connectivity index (χ0) is 15.4. The SMILES string of the molecule is CC(C)c1nc(-c2cccnc2)sc1N(C)C(=O)CC[SH2+]. The monoisotopic (exact) mass is 322 g/mol. The highest BCUT2D eigenvalue weighted by Gasteiger charge is 2.22. The fraction of sp³-hybridized carbons (Fsp3) is 0.400. The van der Waals surface area contributed by atoms with Crippen LogP contribution in [0, 0.1) is 0 Å². The van der Waals surface area contributed by atoms with Crippen molar-refractivity contribution in [3.05, 3.63) is 30.2 Å². The Hall–Kier alpha value is -1.40. The molecule has 2 rings (SSSR count). The molecule has 0 aliphatic heterocycles. The predicted molar refractivity (Wildman–Crippen MR) is 92.5 cm³/mol. The lowest BCUT2D eigenvalue weighted by molar-refractivity contribution is -0.117. The molecule has 21 heavy (non-hydrogen) atoms. The van der Waals surface area contributed by atoms with Gasteiger partial charge in [-0.1, -0.05) is 25.2 Å². The molecule has 0 saturated heterocycles. The van der Waals surface area contributed by atoms with Gasteiger partial charge in [0.05, 0.1) is 12.1 Å². The molecule has 0 aliphatic carbocycles. The Labute approximate surface area is 134 Å². The molecule has 0 atom stereocenters. The number of hydrogen-bond acceptors (Lipinski definition) is 4. The molecule has 112 valence electrons. The first-order chi connectivity index (χ1) is 10.0. The number of amides is 1. The molecular formula is C15H20N3OS2+. The molecule has 0 radical (unpaired) electrons. The van der Waals surface area contributed by atoms with E-state index in [9.17, 15) is 4.79 Å². The van der Waals surface area contributed by atoms with Gasteiger partial charge in [0.2, 0.25) is 5.91 Å². The maximum absolute atomic E-state index is 12.1. The minimum Gasteiger partial charge on any atom is -0.305 e. The van der Waals surface area contributed by atoms with E-state index in [4.69, 9.17) is 4.98 Å². The Kier molecular flexibility index (Phi) is 5.36. The van der Waals surface area contributed by atoms with Gasteiger partial charge < -0.3 is 4.90 Å². The van der Waals surface area contributed by atoms with Crippen molar-refractivity contribution in [2.24, 2.45) is 0 Å². The van der Waals surface area contributed by atoms with Crippen LogP contribution in [0.5, 0.6) is 0 Å². The second-order valence-electron chi connectivity index (χ2n) is 5.06. The molecule has 0 bridgehead atoms. The molecule has 4 nitrogen and oxygen atoms in total. The van der Waals surface area contributed by atoms with E-state index in [0.717, 1.165) is 21.3 Å². The summed E-state index contributed by atoms with van der Waals surface area (Å²) in [6.07, 6.45) is 4.02. The summed E-state index contributed by atoms with van der Waals surface area (Å²) in [5, 5.41) is 1.83. The van der Waals surface area contributed by atoms with E-state index < -0.39 is 0 Å². The van der Waals surface area contributed by atoms with Gasteiger partial charge in [0, 0.05) is 25.0 Å². The number of carbonyl (C=O) groups excluding carboxylic acids is 1. The van der Waals surface area contributed by atoms with Crippen LogP contribution in [0.1, 0.15) is 31.9 Å². The maximum atomic E-state index is 12.1. The molecule has 0 saturated carbocycles. The number of rotatable bonds is 5. The first-order valence-electron chi connectivity index (χ1n) is 6.86. The van der Waals surface area contributed by atoms with Crippen LogP contribution >= 0.6 is 11.3 Å². The quantitative estimate of drug-likeness (QED) is 0.795. The summed E-state index contributed by atoms with van der Waals surface area (Å²) < 4.78 is 0. The molecule has 6 heteroatoms. The second-order valence-corrected chi connectivity index (χ2v) is 6.54. The summed E-state index contributed by atoms with van der Waals surface area (Å²) >= 11 is 4.90. The lowest BCUT2D eigenvalue weighted by Crippen LogP contribution is -2.26. The third kappa shape index (κ3) is 3.63. The first kappa shape index (κ1) is 16.0. The number of hydrogen-bond donors (Lipinski definition) is 0. The highest BCUT2D eigenvalue weighted by Crippen LogP contribution is 2.37. The van der Waals surface area contributed by atoms with Gasteiger partial charge in [-0.3, -0.25) is 9.78 Å². The third-order valence-corrected chi connectivity index (χ3v) is 4.55. The number of thiazole rings is 1. The van der Waals surface area contributed by atoms with E-state index in [1.54, 1.807) is 28.6 Å². The van der Waals surface area contributed by atoms with Crippen LogP contribution in [0.2, 0.25) is 0 Å². The van der Waals surface area contributed by atoms with Crippen LogP contribution in [-0.4, -0.2) is 28.7 Å². The molecule has 0 aliphatic rings. The van der Waals surface area contributed by atoms with Gasteiger partial charge >= 0.3 is 0 Å². The van der Waals surface area contributed by atoms with Crippen LogP contribution in [-0.2, 0) is 17.4 Å². The van der Waals surface area contributed by atoms with E-state index in [0.29, 0.717) is 12.2 Å². The van der Waals surface area contributed by atoms with Crippen LogP contribution < -0.4 is 4.90 Å². The summed E-state index contributed by atoms with van der Waals surface area (Å²) in [5.74, 6) is 1.02. The number of pyridine rings is 1. The van der Waals surface area contributed by atoms with E-state index in [-0.39, 0.29) is 11.8 Å². The molecular weight excluding hydrogens is 302 g/mol. The van der Waals surface area contributed by atoms with Gasteiger partial charge in [0.25, 0.3) is 0 Å². The van der Waals surface area contributed by atoms with Crippen LogP contribution in [0.3, 0.4) is 0 Å². The molecule has 0 N–H and O–H groups in total. The van der Waals surface area contributed by atoms with Gasteiger partial charge in [-0.25, -0.2) is 4.98 Å². The van der Waals surface area contributed by atoms with Gasteiger partial charge in [0.15, 0.2) is 0 Å². The Morgan fingerprint density at radius 3 is 2.81 bits per heavy atom. The van der Waals surface area contributed by atoms with E-state index in [1.165, 1.54) is 0 Å².